The van der Waals surface area contributed by atoms with Crippen molar-refractivity contribution < 1.29 is 14.4 Å². The second kappa shape index (κ2) is 7.71. The van der Waals surface area contributed by atoms with Crippen LogP contribution in [-0.4, -0.2) is 34.4 Å². The molecule has 0 bridgehead atoms. The molecule has 3 aromatic rings. The predicted octanol–water partition coefficient (Wildman–Crippen LogP) is 5.78. The van der Waals surface area contributed by atoms with E-state index >= 15 is 0 Å². The van der Waals surface area contributed by atoms with E-state index in [1.54, 1.807) is 48.8 Å². The zero-order chi connectivity index (χ0) is 25.4. The monoisotopic (exact) mass is 496 g/mol. The first-order chi connectivity index (χ1) is 17.2. The highest BCUT2D eigenvalue weighted by molar-refractivity contribution is 6.32. The fourth-order valence-electron chi connectivity index (χ4n) is 6.32. The molecule has 0 saturated carbocycles. The Labute approximate surface area is 214 Å². The first-order valence-electron chi connectivity index (χ1n) is 12.1. The van der Waals surface area contributed by atoms with Crippen LogP contribution in [-0.2, 0) is 4.79 Å². The van der Waals surface area contributed by atoms with Gasteiger partial charge in [0, 0.05) is 45.6 Å². The lowest BCUT2D eigenvalue weighted by molar-refractivity contribution is -0.127. The first kappa shape index (κ1) is 22.9. The van der Waals surface area contributed by atoms with Crippen molar-refractivity contribution in [1.29, 1.82) is 0 Å². The summed E-state index contributed by atoms with van der Waals surface area (Å²) in [5.41, 5.74) is 0.956. The van der Waals surface area contributed by atoms with Crippen LogP contribution in [0.2, 0.25) is 5.02 Å². The molecule has 3 atom stereocenters. The van der Waals surface area contributed by atoms with Crippen LogP contribution in [0.5, 0.6) is 0 Å². The average molecular weight is 497 g/mol. The highest BCUT2D eigenvalue weighted by atomic mass is 35.5. The van der Waals surface area contributed by atoms with Crippen molar-refractivity contribution in [2.75, 3.05) is 4.90 Å². The Morgan fingerprint density at radius 3 is 2.31 bits per heavy atom. The molecule has 1 fully saturated rings. The molecule has 1 aliphatic carbocycles. The lowest BCUT2D eigenvalue weighted by atomic mass is 9.63. The van der Waals surface area contributed by atoms with E-state index in [2.05, 4.69) is 4.98 Å². The van der Waals surface area contributed by atoms with Crippen LogP contribution < -0.4 is 4.90 Å². The summed E-state index contributed by atoms with van der Waals surface area (Å²) in [7, 11) is 0. The fraction of sp³-hybridized carbons (Fsp3) is 0.267. The largest absolute Gasteiger partial charge is 0.352 e. The topological polar surface area (TPSA) is 67.3 Å². The number of pyridine rings is 1. The van der Waals surface area contributed by atoms with Crippen molar-refractivity contribution in [3.63, 3.8) is 0 Å². The molecule has 1 saturated heterocycles. The molecule has 0 amide bonds. The number of fused-ring (bicyclic) bond motifs is 5. The number of aromatic nitrogens is 1. The molecule has 6 heteroatoms. The SMILES string of the molecule is CC(C)(C)C(=O)[C@H]1[C@H](c2cccnc2)C2(C(=O)c3ccccc3C2=O)[C@H]2C=Cc3cc(Cl)ccc3N12. The van der Waals surface area contributed by atoms with E-state index in [-0.39, 0.29) is 17.3 Å². The van der Waals surface area contributed by atoms with E-state index in [1.807, 2.05) is 56.0 Å². The van der Waals surface area contributed by atoms with Gasteiger partial charge in [0.25, 0.3) is 0 Å². The van der Waals surface area contributed by atoms with Crippen LogP contribution in [0.3, 0.4) is 0 Å². The van der Waals surface area contributed by atoms with Crippen molar-refractivity contribution >= 4 is 40.7 Å². The molecule has 36 heavy (non-hydrogen) atoms. The molecule has 180 valence electrons. The van der Waals surface area contributed by atoms with Gasteiger partial charge in [-0.2, -0.15) is 0 Å². The zero-order valence-electron chi connectivity index (χ0n) is 20.2. The molecule has 0 N–H and O–H groups in total. The number of hydrogen-bond acceptors (Lipinski definition) is 5. The first-order valence-corrected chi connectivity index (χ1v) is 12.4. The minimum absolute atomic E-state index is 0.0361. The summed E-state index contributed by atoms with van der Waals surface area (Å²) in [4.78, 5) is 49.4. The van der Waals surface area contributed by atoms with Gasteiger partial charge in [-0.25, -0.2) is 0 Å². The summed E-state index contributed by atoms with van der Waals surface area (Å²) in [5.74, 6) is -1.23. The van der Waals surface area contributed by atoms with Gasteiger partial charge < -0.3 is 4.90 Å². The summed E-state index contributed by atoms with van der Waals surface area (Å²) in [6.07, 6.45) is 7.16. The van der Waals surface area contributed by atoms with Crippen molar-refractivity contribution in [3.05, 3.63) is 100 Å². The van der Waals surface area contributed by atoms with Gasteiger partial charge >= 0.3 is 0 Å². The molecule has 1 aromatic heterocycles. The number of nitrogens with zero attached hydrogens (tertiary/aromatic N) is 2. The second-order valence-electron chi connectivity index (χ2n) is 10.8. The molecule has 1 spiro atoms. The molecule has 5 nitrogen and oxygen atoms in total. The van der Waals surface area contributed by atoms with Crippen molar-refractivity contribution in [3.8, 4) is 0 Å². The van der Waals surface area contributed by atoms with Gasteiger partial charge in [-0.3, -0.25) is 19.4 Å². The minimum atomic E-state index is -1.49. The van der Waals surface area contributed by atoms with Crippen LogP contribution in [0.25, 0.3) is 6.08 Å². The number of anilines is 1. The number of hydrogen-bond donors (Lipinski definition) is 0. The maximum atomic E-state index is 14.4. The van der Waals surface area contributed by atoms with Crippen LogP contribution in [0.1, 0.15) is 58.5 Å². The van der Waals surface area contributed by atoms with Crippen LogP contribution in [0.15, 0.2) is 73.1 Å². The Bertz CT molecular complexity index is 1440. The number of rotatable bonds is 2. The van der Waals surface area contributed by atoms with Gasteiger partial charge in [-0.1, -0.05) is 74.9 Å². The normalized spacial score (nSPS) is 23.6. The lowest BCUT2D eigenvalue weighted by Gasteiger charge is -2.38. The summed E-state index contributed by atoms with van der Waals surface area (Å²) in [6.45, 7) is 5.64. The summed E-state index contributed by atoms with van der Waals surface area (Å²) in [6, 6.07) is 14.8. The highest BCUT2D eigenvalue weighted by Gasteiger charge is 2.72. The third-order valence-electron chi connectivity index (χ3n) is 7.82. The standard InChI is InChI=1S/C30H25ClN2O3/c1-29(2,3)28(36)25-24(18-7-6-14-32-16-18)30(26(34)20-8-4-5-9-21(20)27(30)35)23-13-10-17-15-19(31)11-12-22(17)33(23)25/h4-16,23-25H,1-3H3/t23-,24+,25-/m1/s1. The Morgan fingerprint density at radius 2 is 1.69 bits per heavy atom. The van der Waals surface area contributed by atoms with Gasteiger partial charge in [0.2, 0.25) is 0 Å². The molecular formula is C30H25ClN2O3. The van der Waals surface area contributed by atoms with Gasteiger partial charge in [-0.15, -0.1) is 0 Å². The van der Waals surface area contributed by atoms with E-state index < -0.39 is 28.8 Å². The van der Waals surface area contributed by atoms with E-state index in [9.17, 15) is 14.4 Å². The average Bonchev–Trinajstić information content (AvgIpc) is 3.29. The molecule has 0 radical (unpaired) electrons. The summed E-state index contributed by atoms with van der Waals surface area (Å²) < 4.78 is 0. The number of carbonyl (C=O) groups is 3. The second-order valence-corrected chi connectivity index (χ2v) is 11.2. The summed E-state index contributed by atoms with van der Waals surface area (Å²) in [5, 5.41) is 0.577. The van der Waals surface area contributed by atoms with Crippen LogP contribution >= 0.6 is 11.6 Å². The lowest BCUT2D eigenvalue weighted by Crippen LogP contribution is -2.49. The Balaban J connectivity index is 1.70. The fourth-order valence-corrected chi connectivity index (χ4v) is 6.51. The van der Waals surface area contributed by atoms with Gasteiger partial charge in [-0.05, 0) is 35.4 Å². The molecule has 3 heterocycles. The number of Topliss-reactive ketones (excluding diaryl/α,β-unsaturated/α-hetero) is 3. The third kappa shape index (κ3) is 2.89. The number of halogens is 1. The Hall–Kier alpha value is -3.57. The highest BCUT2D eigenvalue weighted by Crippen LogP contribution is 2.61. The van der Waals surface area contributed by atoms with Crippen molar-refractivity contribution in [2.24, 2.45) is 10.8 Å². The van der Waals surface area contributed by atoms with Gasteiger partial charge in [0.1, 0.15) is 5.41 Å². The molecule has 2 aromatic carbocycles. The number of carbonyl (C=O) groups excluding carboxylic acids is 3. The van der Waals surface area contributed by atoms with Gasteiger partial charge in [0.15, 0.2) is 17.3 Å². The predicted molar refractivity (Wildman–Crippen MR) is 140 cm³/mol. The maximum Gasteiger partial charge on any atom is 0.180 e. The maximum absolute atomic E-state index is 14.4. The molecule has 6 rings (SSSR count). The van der Waals surface area contributed by atoms with Gasteiger partial charge in [0.05, 0.1) is 12.1 Å². The van der Waals surface area contributed by atoms with E-state index in [4.69, 9.17) is 11.6 Å². The molecule has 0 unspecified atom stereocenters. The Morgan fingerprint density at radius 1 is 1.00 bits per heavy atom. The van der Waals surface area contributed by atoms with E-state index in [1.165, 1.54) is 0 Å². The number of ketones is 3. The Kier molecular flexibility index (Phi) is 4.90. The molecule has 2 aliphatic heterocycles. The minimum Gasteiger partial charge on any atom is -0.352 e. The third-order valence-corrected chi connectivity index (χ3v) is 8.05. The van der Waals surface area contributed by atoms with Crippen molar-refractivity contribution in [2.45, 2.75) is 38.8 Å². The smallest absolute Gasteiger partial charge is 0.180 e. The zero-order valence-corrected chi connectivity index (χ0v) is 21.0. The van der Waals surface area contributed by atoms with Crippen LogP contribution in [0, 0.1) is 10.8 Å². The van der Waals surface area contributed by atoms with Crippen molar-refractivity contribution in [1.82, 2.24) is 4.98 Å². The summed E-state index contributed by atoms with van der Waals surface area (Å²) >= 11 is 6.31. The quantitative estimate of drug-likeness (QED) is 0.420. The molecular weight excluding hydrogens is 472 g/mol. The van der Waals surface area contributed by atoms with E-state index in [0.29, 0.717) is 21.7 Å². The van der Waals surface area contributed by atoms with Crippen LogP contribution in [0.4, 0.5) is 5.69 Å². The molecule has 3 aliphatic rings. The number of benzene rings is 2. The van der Waals surface area contributed by atoms with E-state index in [0.717, 1.165) is 11.3 Å².